The summed E-state index contributed by atoms with van der Waals surface area (Å²) in [5.41, 5.74) is 2.44. The first kappa shape index (κ1) is 39.2. The normalized spacial score (nSPS) is 20.4. The van der Waals surface area contributed by atoms with Gasteiger partial charge in [-0.1, -0.05) is 6.07 Å². The van der Waals surface area contributed by atoms with E-state index < -0.39 is 42.2 Å². The van der Waals surface area contributed by atoms with Crippen LogP contribution >= 0.6 is 0 Å². The molecule has 8 rings (SSSR count). The summed E-state index contributed by atoms with van der Waals surface area (Å²) in [6.07, 6.45) is 5.71. The third-order valence-corrected chi connectivity index (χ3v) is 11.6. The van der Waals surface area contributed by atoms with E-state index in [0.29, 0.717) is 56.0 Å². The van der Waals surface area contributed by atoms with Gasteiger partial charge in [-0.05, 0) is 60.0 Å². The van der Waals surface area contributed by atoms with Crippen LogP contribution in [0.4, 0.5) is 0 Å². The summed E-state index contributed by atoms with van der Waals surface area (Å²) in [7, 11) is 4.94. The smallest absolute Gasteiger partial charge is 0.266 e. The summed E-state index contributed by atoms with van der Waals surface area (Å²) >= 11 is 0. The topological polar surface area (TPSA) is 199 Å². The molecule has 17 nitrogen and oxygen atoms in total. The van der Waals surface area contributed by atoms with E-state index >= 15 is 0 Å². The molecule has 3 atom stereocenters. The summed E-state index contributed by atoms with van der Waals surface area (Å²) in [4.78, 5) is 98.5. The SMILES string of the molecule is COc1cc(-c2cn(C)c(=O)c3cnccc23)cc(OC)c1CN1CCN(C(=O)C2CC2CNC(=O)COc2cccc3c2C(=O)N(C2CCC(=O)NC2=O)C3=O)CC1. The molecule has 2 aromatic carbocycles. The number of methoxy groups -OCH3 is 2. The van der Waals surface area contributed by atoms with Crippen molar-refractivity contribution < 1.29 is 43.0 Å². The Bertz CT molecular complexity index is 2450. The molecule has 0 bridgehead atoms. The van der Waals surface area contributed by atoms with Crippen LogP contribution in [0.25, 0.3) is 21.9 Å². The summed E-state index contributed by atoms with van der Waals surface area (Å²) in [6, 6.07) is 9.05. The number of rotatable bonds is 12. The third-order valence-electron chi connectivity index (χ3n) is 11.6. The molecule has 0 radical (unpaired) electrons. The maximum Gasteiger partial charge on any atom is 0.266 e. The van der Waals surface area contributed by atoms with Crippen molar-refractivity contribution in [3.63, 3.8) is 0 Å². The number of ether oxygens (including phenoxy) is 3. The van der Waals surface area contributed by atoms with E-state index in [1.54, 1.807) is 44.4 Å². The van der Waals surface area contributed by atoms with Crippen LogP contribution in [0.5, 0.6) is 17.2 Å². The van der Waals surface area contributed by atoms with Gasteiger partial charge in [0.1, 0.15) is 23.3 Å². The lowest BCUT2D eigenvalue weighted by Gasteiger charge is -2.35. The van der Waals surface area contributed by atoms with Crippen molar-refractivity contribution in [2.45, 2.75) is 31.8 Å². The molecular weight excluding hydrogens is 763 g/mol. The molecule has 17 heteroatoms. The summed E-state index contributed by atoms with van der Waals surface area (Å²) in [6.45, 7) is 2.79. The largest absolute Gasteiger partial charge is 0.496 e. The maximum absolute atomic E-state index is 13.4. The first-order valence-electron chi connectivity index (χ1n) is 19.4. The Morgan fingerprint density at radius 1 is 0.915 bits per heavy atom. The Balaban J connectivity index is 0.822. The standard InChI is InChI=1S/C42H43N7O10/c1-46-20-29(25-9-10-43-19-28(25)39(46)53)23-16-33(57-2)30(34(17-23)58-3)21-47-11-13-48(14-12-47)40(54)27-15-24(27)18-44-36(51)22-59-32-6-4-5-26-37(32)42(56)49(41(26)55)31-7-8-35(50)45-38(31)52/h4-6,9-10,16-17,19-20,24,27,31H,7-8,11-15,18,21-22H2,1-3H3,(H,44,51)(H,45,50,52). The van der Waals surface area contributed by atoms with Crippen molar-refractivity contribution in [3.8, 4) is 28.4 Å². The highest BCUT2D eigenvalue weighted by molar-refractivity contribution is 6.24. The van der Waals surface area contributed by atoms with E-state index in [0.717, 1.165) is 27.0 Å². The second-order valence-corrected chi connectivity index (χ2v) is 15.2. The van der Waals surface area contributed by atoms with Crippen LogP contribution in [0.2, 0.25) is 0 Å². The predicted molar refractivity (Wildman–Crippen MR) is 211 cm³/mol. The van der Waals surface area contributed by atoms with Gasteiger partial charge >= 0.3 is 0 Å². The predicted octanol–water partition coefficient (Wildman–Crippen LogP) is 1.49. The number of nitrogens with one attached hydrogen (secondary N) is 2. The van der Waals surface area contributed by atoms with E-state index in [1.165, 1.54) is 18.2 Å². The second-order valence-electron chi connectivity index (χ2n) is 15.2. The van der Waals surface area contributed by atoms with E-state index in [-0.39, 0.29) is 59.6 Å². The minimum atomic E-state index is -1.12. The number of nitrogens with zero attached hydrogens (tertiary/aromatic N) is 5. The van der Waals surface area contributed by atoms with Gasteiger partial charge in [0.25, 0.3) is 23.3 Å². The van der Waals surface area contributed by atoms with Gasteiger partial charge in [-0.3, -0.25) is 53.7 Å². The molecule has 3 aliphatic heterocycles. The minimum Gasteiger partial charge on any atom is -0.496 e. The highest BCUT2D eigenvalue weighted by Crippen LogP contribution is 2.41. The Kier molecular flexibility index (Phi) is 10.6. The number of fused-ring (bicyclic) bond motifs is 2. The molecule has 5 heterocycles. The van der Waals surface area contributed by atoms with Crippen molar-refractivity contribution in [1.29, 1.82) is 0 Å². The number of aromatic nitrogens is 2. The summed E-state index contributed by atoms with van der Waals surface area (Å²) < 4.78 is 19.0. The first-order chi connectivity index (χ1) is 28.5. The Morgan fingerprint density at radius 2 is 1.66 bits per heavy atom. The molecular formula is C42H43N7O10. The lowest BCUT2D eigenvalue weighted by Crippen LogP contribution is -2.54. The number of pyridine rings is 2. The summed E-state index contributed by atoms with van der Waals surface area (Å²) in [5.74, 6) is -1.85. The van der Waals surface area contributed by atoms with Gasteiger partial charge in [0, 0.05) is 82.8 Å². The zero-order valence-electron chi connectivity index (χ0n) is 32.8. The molecule has 2 N–H and O–H groups in total. The van der Waals surface area contributed by atoms with Gasteiger partial charge in [0.15, 0.2) is 6.61 Å². The van der Waals surface area contributed by atoms with Crippen molar-refractivity contribution >= 4 is 46.2 Å². The van der Waals surface area contributed by atoms with Crippen LogP contribution in [0.15, 0.2) is 59.8 Å². The van der Waals surface area contributed by atoms with Gasteiger partial charge in [0.05, 0.1) is 36.3 Å². The van der Waals surface area contributed by atoms with Crippen LogP contribution in [0, 0.1) is 11.8 Å². The van der Waals surface area contributed by atoms with Crippen LogP contribution in [-0.2, 0) is 32.8 Å². The number of imide groups is 2. The van der Waals surface area contributed by atoms with Gasteiger partial charge in [-0.25, -0.2) is 0 Å². The highest BCUT2D eigenvalue weighted by Gasteiger charge is 2.47. The molecule has 1 saturated carbocycles. The minimum absolute atomic E-state index is 0.000624. The Hall–Kier alpha value is -6.62. The van der Waals surface area contributed by atoms with E-state index in [2.05, 4.69) is 20.5 Å². The van der Waals surface area contributed by atoms with Crippen molar-refractivity contribution in [2.24, 2.45) is 18.9 Å². The number of carbonyl (C=O) groups is 6. The van der Waals surface area contributed by atoms with E-state index in [1.807, 2.05) is 23.1 Å². The van der Waals surface area contributed by atoms with Crippen LogP contribution in [-0.4, -0.2) is 119 Å². The van der Waals surface area contributed by atoms with Gasteiger partial charge in [0.2, 0.25) is 17.7 Å². The number of hydrogen-bond acceptors (Lipinski definition) is 12. The van der Waals surface area contributed by atoms with Crippen LogP contribution in [0.1, 0.15) is 45.5 Å². The number of piperazine rings is 1. The zero-order valence-corrected chi connectivity index (χ0v) is 32.8. The number of amides is 6. The highest BCUT2D eigenvalue weighted by atomic mass is 16.5. The molecule has 6 amide bonds. The van der Waals surface area contributed by atoms with Crippen molar-refractivity contribution in [2.75, 3.05) is 53.6 Å². The molecule has 1 aliphatic carbocycles. The number of aryl methyl sites for hydroxylation is 1. The molecule has 2 saturated heterocycles. The fourth-order valence-corrected chi connectivity index (χ4v) is 8.24. The van der Waals surface area contributed by atoms with Crippen LogP contribution < -0.4 is 30.4 Å². The second kappa shape index (κ2) is 16.0. The Morgan fingerprint density at radius 3 is 2.37 bits per heavy atom. The third kappa shape index (κ3) is 7.48. The molecule has 306 valence electrons. The molecule has 4 aliphatic rings. The van der Waals surface area contributed by atoms with Gasteiger partial charge in [-0.15, -0.1) is 0 Å². The fraction of sp³-hybridized carbons (Fsp3) is 0.381. The van der Waals surface area contributed by atoms with Crippen molar-refractivity contribution in [3.05, 3.63) is 82.0 Å². The molecule has 59 heavy (non-hydrogen) atoms. The lowest BCUT2D eigenvalue weighted by molar-refractivity contribution is -0.136. The molecule has 2 aromatic heterocycles. The number of benzene rings is 2. The number of hydrogen-bond donors (Lipinski definition) is 2. The molecule has 3 fully saturated rings. The molecule has 4 aromatic rings. The molecule has 3 unspecified atom stereocenters. The molecule has 0 spiro atoms. The number of piperidine rings is 1. The number of carbonyl (C=O) groups excluding carboxylic acids is 6. The zero-order chi connectivity index (χ0) is 41.5. The van der Waals surface area contributed by atoms with Gasteiger partial charge in [-0.2, -0.15) is 0 Å². The quantitative estimate of drug-likeness (QED) is 0.196. The summed E-state index contributed by atoms with van der Waals surface area (Å²) in [5, 5.41) is 6.28. The average Bonchev–Trinajstić information content (AvgIpc) is 3.98. The fourth-order valence-electron chi connectivity index (χ4n) is 8.24. The first-order valence-corrected chi connectivity index (χ1v) is 19.4. The van der Waals surface area contributed by atoms with Crippen molar-refractivity contribution in [1.82, 2.24) is 34.9 Å². The van der Waals surface area contributed by atoms with E-state index in [9.17, 15) is 33.6 Å². The van der Waals surface area contributed by atoms with Crippen LogP contribution in [0.3, 0.4) is 0 Å². The lowest BCUT2D eigenvalue weighted by atomic mass is 9.99. The van der Waals surface area contributed by atoms with E-state index in [4.69, 9.17) is 14.2 Å². The monoisotopic (exact) mass is 805 g/mol. The van der Waals surface area contributed by atoms with Gasteiger partial charge < -0.3 is 29.0 Å². The maximum atomic E-state index is 13.4. The Labute approximate surface area is 338 Å². The average molecular weight is 806 g/mol.